The van der Waals surface area contributed by atoms with E-state index in [1.54, 1.807) is 23.7 Å². The van der Waals surface area contributed by atoms with E-state index in [9.17, 15) is 0 Å². The molecule has 0 unspecified atom stereocenters. The third-order valence-electron chi connectivity index (χ3n) is 3.38. The van der Waals surface area contributed by atoms with Crippen molar-refractivity contribution in [2.45, 2.75) is 27.7 Å². The number of hydrogen-bond donors (Lipinski definition) is 0. The Kier molecular flexibility index (Phi) is 6.77. The van der Waals surface area contributed by atoms with E-state index in [2.05, 4.69) is 26.0 Å². The van der Waals surface area contributed by atoms with E-state index in [0.29, 0.717) is 0 Å². The van der Waals surface area contributed by atoms with Crippen LogP contribution in [0.25, 0.3) is 10.2 Å². The number of hydrogen-bond acceptors (Lipinski definition) is 5. The standard InChI is InChI=1S/C8H7NS.C6H8N2.C5H8N2/c1-6-9-7-4-2-3-5-8(7)10-6;1-5-3-4-7-6(2)8-5;1-5-6-3-4-7(5)2/h2-5H,1H3;3-4H,1-2H3;3-4H,1-2H3. The highest BCUT2D eigenvalue weighted by molar-refractivity contribution is 7.18. The molecule has 25 heavy (non-hydrogen) atoms. The molecule has 0 bridgehead atoms. The van der Waals surface area contributed by atoms with Gasteiger partial charge in [-0.25, -0.2) is 19.9 Å². The van der Waals surface area contributed by atoms with Crippen LogP contribution in [0.4, 0.5) is 0 Å². The van der Waals surface area contributed by atoms with Crippen molar-refractivity contribution in [3.05, 3.63) is 71.3 Å². The van der Waals surface area contributed by atoms with E-state index < -0.39 is 0 Å². The van der Waals surface area contributed by atoms with Crippen molar-refractivity contribution in [3.8, 4) is 0 Å². The minimum Gasteiger partial charge on any atom is -0.338 e. The zero-order chi connectivity index (χ0) is 18.2. The van der Waals surface area contributed by atoms with Gasteiger partial charge in [-0.3, -0.25) is 0 Å². The van der Waals surface area contributed by atoms with Crippen LogP contribution in [0.5, 0.6) is 0 Å². The zero-order valence-corrected chi connectivity index (χ0v) is 16.1. The van der Waals surface area contributed by atoms with Gasteiger partial charge < -0.3 is 4.57 Å². The van der Waals surface area contributed by atoms with Gasteiger partial charge in [-0.1, -0.05) is 12.1 Å². The number of imidazole rings is 1. The lowest BCUT2D eigenvalue weighted by atomic mass is 10.3. The summed E-state index contributed by atoms with van der Waals surface area (Å²) in [5.41, 5.74) is 2.14. The summed E-state index contributed by atoms with van der Waals surface area (Å²) in [6.07, 6.45) is 5.47. The molecule has 0 radical (unpaired) electrons. The molecule has 3 heterocycles. The fourth-order valence-corrected chi connectivity index (χ4v) is 2.83. The van der Waals surface area contributed by atoms with Gasteiger partial charge in [0.1, 0.15) is 11.6 Å². The van der Waals surface area contributed by atoms with Gasteiger partial charge in [-0.2, -0.15) is 0 Å². The zero-order valence-electron chi connectivity index (χ0n) is 15.3. The SMILES string of the molecule is Cc1ccnc(C)n1.Cc1nc2ccccc2s1.Cc1nccn1C. The molecule has 0 atom stereocenters. The van der Waals surface area contributed by atoms with Crippen LogP contribution in [0.3, 0.4) is 0 Å². The molecule has 0 saturated carbocycles. The molecular weight excluding hydrogens is 330 g/mol. The van der Waals surface area contributed by atoms with E-state index in [1.165, 1.54) is 4.70 Å². The average Bonchev–Trinajstić information content (AvgIpc) is 3.12. The van der Waals surface area contributed by atoms with E-state index >= 15 is 0 Å². The molecule has 4 aromatic rings. The Labute approximate surface area is 152 Å². The van der Waals surface area contributed by atoms with Crippen molar-refractivity contribution < 1.29 is 0 Å². The first-order valence-corrected chi connectivity index (χ1v) is 8.79. The number of rotatable bonds is 0. The first-order valence-electron chi connectivity index (χ1n) is 7.98. The van der Waals surface area contributed by atoms with Gasteiger partial charge >= 0.3 is 0 Å². The normalized spacial score (nSPS) is 9.80. The summed E-state index contributed by atoms with van der Waals surface area (Å²) in [6.45, 7) is 7.84. The first kappa shape index (κ1) is 18.7. The van der Waals surface area contributed by atoms with Crippen molar-refractivity contribution in [2.75, 3.05) is 0 Å². The minimum atomic E-state index is 0.838. The Hall–Kier alpha value is -2.60. The van der Waals surface area contributed by atoms with Gasteiger partial charge in [-0.05, 0) is 45.9 Å². The maximum atomic E-state index is 4.33. The molecular formula is C19H23N5S. The number of para-hydroxylation sites is 1. The Morgan fingerprint density at radius 1 is 0.880 bits per heavy atom. The summed E-state index contributed by atoms with van der Waals surface area (Å²) in [7, 11) is 1.97. The van der Waals surface area contributed by atoms with E-state index in [4.69, 9.17) is 0 Å². The van der Waals surface area contributed by atoms with Crippen molar-refractivity contribution >= 4 is 21.6 Å². The van der Waals surface area contributed by atoms with Gasteiger partial charge in [0.05, 0.1) is 15.2 Å². The maximum absolute atomic E-state index is 4.33. The van der Waals surface area contributed by atoms with Crippen LogP contribution in [0.1, 0.15) is 22.4 Å². The molecule has 130 valence electrons. The monoisotopic (exact) mass is 353 g/mol. The van der Waals surface area contributed by atoms with Crippen LogP contribution in [0.15, 0.2) is 48.9 Å². The summed E-state index contributed by atoms with van der Waals surface area (Å²) in [5.74, 6) is 1.89. The van der Waals surface area contributed by atoms with Crippen LogP contribution in [-0.4, -0.2) is 24.5 Å². The minimum absolute atomic E-state index is 0.838. The first-order chi connectivity index (χ1) is 12.0. The topological polar surface area (TPSA) is 56.5 Å². The van der Waals surface area contributed by atoms with Crippen LogP contribution < -0.4 is 0 Å². The predicted octanol–water partition coefficient (Wildman–Crippen LogP) is 4.43. The van der Waals surface area contributed by atoms with Gasteiger partial charge in [0.2, 0.25) is 0 Å². The average molecular weight is 353 g/mol. The van der Waals surface area contributed by atoms with Gasteiger partial charge in [0.25, 0.3) is 0 Å². The summed E-state index contributed by atoms with van der Waals surface area (Å²) in [4.78, 5) is 16.3. The Morgan fingerprint density at radius 3 is 2.12 bits per heavy atom. The molecule has 0 aliphatic carbocycles. The molecule has 0 saturated heterocycles. The highest BCUT2D eigenvalue weighted by Gasteiger charge is 1.95. The number of fused-ring (bicyclic) bond motifs is 1. The smallest absolute Gasteiger partial charge is 0.125 e. The Bertz CT molecular complexity index is 859. The molecule has 0 amide bonds. The number of aromatic nitrogens is 5. The van der Waals surface area contributed by atoms with Crippen molar-refractivity contribution in [1.29, 1.82) is 0 Å². The summed E-state index contributed by atoms with van der Waals surface area (Å²) in [5, 5.41) is 1.14. The number of aryl methyl sites for hydroxylation is 5. The molecule has 0 N–H and O–H groups in total. The molecule has 0 fully saturated rings. The van der Waals surface area contributed by atoms with E-state index in [1.807, 2.05) is 69.8 Å². The van der Waals surface area contributed by atoms with E-state index in [-0.39, 0.29) is 0 Å². The molecule has 0 spiro atoms. The Balaban J connectivity index is 0.000000138. The second-order valence-corrected chi connectivity index (χ2v) is 6.77. The quantitative estimate of drug-likeness (QED) is 0.469. The predicted molar refractivity (Wildman–Crippen MR) is 104 cm³/mol. The maximum Gasteiger partial charge on any atom is 0.125 e. The fraction of sp³-hybridized carbons (Fsp3) is 0.263. The number of thiazole rings is 1. The summed E-state index contributed by atoms with van der Waals surface area (Å²) < 4.78 is 3.25. The molecule has 5 nitrogen and oxygen atoms in total. The highest BCUT2D eigenvalue weighted by atomic mass is 32.1. The van der Waals surface area contributed by atoms with Gasteiger partial charge in [0, 0.05) is 31.3 Å². The van der Waals surface area contributed by atoms with Crippen molar-refractivity contribution in [3.63, 3.8) is 0 Å². The largest absolute Gasteiger partial charge is 0.338 e. The summed E-state index contributed by atoms with van der Waals surface area (Å²) >= 11 is 1.74. The highest BCUT2D eigenvalue weighted by Crippen LogP contribution is 2.19. The molecule has 1 aromatic carbocycles. The van der Waals surface area contributed by atoms with Crippen molar-refractivity contribution in [2.24, 2.45) is 7.05 Å². The second-order valence-electron chi connectivity index (χ2n) is 5.53. The van der Waals surface area contributed by atoms with Crippen LogP contribution in [0, 0.1) is 27.7 Å². The third kappa shape index (κ3) is 6.08. The number of benzene rings is 1. The fourth-order valence-electron chi connectivity index (χ4n) is 2.00. The summed E-state index contributed by atoms with van der Waals surface area (Å²) in [6, 6.07) is 10.1. The molecule has 0 aliphatic heterocycles. The van der Waals surface area contributed by atoms with Crippen LogP contribution >= 0.6 is 11.3 Å². The Morgan fingerprint density at radius 2 is 1.64 bits per heavy atom. The lowest BCUT2D eigenvalue weighted by Crippen LogP contribution is -1.86. The lowest BCUT2D eigenvalue weighted by molar-refractivity contribution is 0.858. The van der Waals surface area contributed by atoms with Gasteiger partial charge in [0.15, 0.2) is 0 Å². The molecule has 3 aromatic heterocycles. The molecule has 0 aliphatic rings. The molecule has 6 heteroatoms. The second kappa shape index (κ2) is 9.03. The molecule has 4 rings (SSSR count). The van der Waals surface area contributed by atoms with Crippen LogP contribution in [0.2, 0.25) is 0 Å². The van der Waals surface area contributed by atoms with E-state index in [0.717, 1.165) is 27.9 Å². The van der Waals surface area contributed by atoms with Crippen molar-refractivity contribution in [1.82, 2.24) is 24.5 Å². The van der Waals surface area contributed by atoms with Crippen LogP contribution in [-0.2, 0) is 7.05 Å². The van der Waals surface area contributed by atoms with Gasteiger partial charge in [-0.15, -0.1) is 11.3 Å². The third-order valence-corrected chi connectivity index (χ3v) is 4.33. The lowest BCUT2D eigenvalue weighted by Gasteiger charge is -1.89. The number of nitrogens with zero attached hydrogens (tertiary/aromatic N) is 5.